The Morgan fingerprint density at radius 2 is 0.642 bits per heavy atom. The Kier molecular flexibility index (Phi) is 25.3. The first-order chi connectivity index (χ1) is 63.7. The minimum atomic E-state index is -1.25. The third-order valence-electron chi connectivity index (χ3n) is 25.8. The first-order valence-electron chi connectivity index (χ1n) is 44.6. The van der Waals surface area contributed by atoms with Crippen molar-refractivity contribution in [1.82, 2.24) is 53.4 Å². The Hall–Kier alpha value is -13.8. The molecule has 6 aliphatic rings. The summed E-state index contributed by atoms with van der Waals surface area (Å²) in [5, 5.41) is 31.8. The van der Waals surface area contributed by atoms with E-state index in [-0.39, 0.29) is 196 Å². The van der Waals surface area contributed by atoms with Gasteiger partial charge in [0, 0.05) is 61.0 Å². The number of pyridine rings is 3. The van der Waals surface area contributed by atoms with E-state index in [9.17, 15) is 39.3 Å². The number of phenols is 3. The first-order valence-corrected chi connectivity index (χ1v) is 44.6. The van der Waals surface area contributed by atoms with E-state index in [1.807, 2.05) is 112 Å². The highest BCUT2D eigenvalue weighted by Gasteiger charge is 2.47. The van der Waals surface area contributed by atoms with Crippen LogP contribution in [0, 0.1) is 58.3 Å². The van der Waals surface area contributed by atoms with Gasteiger partial charge in [0.1, 0.15) is 91.0 Å². The summed E-state index contributed by atoms with van der Waals surface area (Å²) in [5.41, 5.74) is -3.26. The predicted molar refractivity (Wildman–Crippen MR) is 492 cm³/mol. The van der Waals surface area contributed by atoms with Crippen LogP contribution in [-0.4, -0.2) is 163 Å². The van der Waals surface area contributed by atoms with Crippen LogP contribution >= 0.6 is 0 Å². The number of phenolic OH excluding ortho intramolecular Hbond substituents is 3. The molecule has 6 atom stereocenters. The number of piperazine rings is 2. The fourth-order valence-electron chi connectivity index (χ4n) is 19.6. The van der Waals surface area contributed by atoms with Crippen LogP contribution in [0.1, 0.15) is 186 Å². The van der Waals surface area contributed by atoms with Crippen molar-refractivity contribution in [2.45, 2.75) is 182 Å². The Labute approximate surface area is 765 Å². The standard InChI is InChI=1S/2C34H34F3N5O4.C32H33F3N4O3/c2*1-7-24(44)40-13-19-14-46-33-31(41(19)12-18(40)6)20-11-22(36)26(25-21(35)9-8-10-23(25)43)27(37)30(20)42(34(33)45)32-28(16(2)3)38-15-39-29(32)17(4)5;1-15(2)26-30(27(16(3)4)37-14-36-26)39-28-19(11-21(34)24(25(28)35)23-20(33)7-6-8-22(23)40)29-31(32(39)41)42-13-18-10-9-17(5)12-38(18)29/h2*7-11,15-19,43H,1,12-14H2,2-6H3;6-8,11,14-18,40H,9-10,12-13H2,1-5H3/t2*18-,19-;17-,18+/m110/s1. The molecule has 0 unspecified atom stereocenters. The second-order valence-corrected chi connectivity index (χ2v) is 36.7. The van der Waals surface area contributed by atoms with Crippen LogP contribution in [0.5, 0.6) is 34.5 Å². The minimum Gasteiger partial charge on any atom is -0.507 e. The lowest BCUT2D eigenvalue weighted by molar-refractivity contribution is -0.130. The van der Waals surface area contributed by atoms with Crippen molar-refractivity contribution in [2.75, 3.05) is 67.2 Å². The van der Waals surface area contributed by atoms with Gasteiger partial charge in [-0.1, -0.05) is 121 Å². The maximum Gasteiger partial charge on any atom is 0.300 e. The molecule has 2 amide bonds. The number of hydrogen-bond donors (Lipinski definition) is 3. The summed E-state index contributed by atoms with van der Waals surface area (Å²) in [5.74, 6) is -13.9. The molecule has 12 heterocycles. The predicted octanol–water partition coefficient (Wildman–Crippen LogP) is 18.4. The van der Waals surface area contributed by atoms with Gasteiger partial charge < -0.3 is 54.0 Å². The molecule has 6 aromatic heterocycles. The van der Waals surface area contributed by atoms with Crippen LogP contribution < -0.4 is 45.6 Å². The lowest BCUT2D eigenvalue weighted by Gasteiger charge is -2.48. The fourth-order valence-corrected chi connectivity index (χ4v) is 19.6. The molecule has 6 aromatic carbocycles. The molecule has 6 aliphatic heterocycles. The molecule has 3 fully saturated rings. The monoisotopic (exact) mass is 1840 g/mol. The number of halogens is 9. The number of ether oxygens (including phenoxy) is 3. The van der Waals surface area contributed by atoms with E-state index < -0.39 is 132 Å². The van der Waals surface area contributed by atoms with E-state index in [1.54, 1.807) is 9.80 Å². The Bertz CT molecular complexity index is 6620. The molecule has 25 nitrogen and oxygen atoms in total. The van der Waals surface area contributed by atoms with E-state index in [0.717, 1.165) is 76.6 Å². The third-order valence-corrected chi connectivity index (χ3v) is 25.8. The number of anilines is 3. The minimum absolute atomic E-state index is 0.00130. The van der Waals surface area contributed by atoms with Gasteiger partial charge in [-0.05, 0) is 135 Å². The maximum atomic E-state index is 17.2. The zero-order valence-corrected chi connectivity index (χ0v) is 76.5. The van der Waals surface area contributed by atoms with Gasteiger partial charge in [-0.2, -0.15) is 0 Å². The van der Waals surface area contributed by atoms with Crippen LogP contribution in [0.4, 0.5) is 56.6 Å². The van der Waals surface area contributed by atoms with Crippen molar-refractivity contribution in [2.24, 2.45) is 5.92 Å². The molecule has 0 bridgehead atoms. The summed E-state index contributed by atoms with van der Waals surface area (Å²) < 4.78 is 167. The number of aromatic hydroxyl groups is 3. The highest BCUT2D eigenvalue weighted by molar-refractivity contribution is 6.04. The van der Waals surface area contributed by atoms with Crippen molar-refractivity contribution >= 4 is 61.6 Å². The third kappa shape index (κ3) is 15.6. The van der Waals surface area contributed by atoms with E-state index in [4.69, 9.17) is 14.2 Å². The van der Waals surface area contributed by atoms with Crippen molar-refractivity contribution in [3.63, 3.8) is 0 Å². The number of benzene rings is 6. The van der Waals surface area contributed by atoms with Gasteiger partial charge >= 0.3 is 0 Å². The summed E-state index contributed by atoms with van der Waals surface area (Å²) >= 11 is 0. The summed E-state index contributed by atoms with van der Waals surface area (Å²) in [6.07, 6.45) is 8.39. The van der Waals surface area contributed by atoms with Crippen molar-refractivity contribution in [3.8, 4) is 84.9 Å². The molecule has 34 heteroatoms. The molecular formula is C100H101F9N14O11. The Balaban J connectivity index is 0.000000146. The van der Waals surface area contributed by atoms with Crippen molar-refractivity contribution in [3.05, 3.63) is 235 Å². The Morgan fingerprint density at radius 1 is 0.373 bits per heavy atom. The molecule has 3 saturated heterocycles. The molecule has 0 saturated carbocycles. The zero-order valence-electron chi connectivity index (χ0n) is 76.5. The highest BCUT2D eigenvalue weighted by atomic mass is 19.2. The van der Waals surface area contributed by atoms with Gasteiger partial charge in [-0.15, -0.1) is 0 Å². The zero-order chi connectivity index (χ0) is 96.4. The molecule has 18 rings (SSSR count). The second kappa shape index (κ2) is 36.3. The van der Waals surface area contributed by atoms with Crippen LogP contribution in [0.3, 0.4) is 0 Å². The smallest absolute Gasteiger partial charge is 0.300 e. The summed E-state index contributed by atoms with van der Waals surface area (Å²) in [4.78, 5) is 105. The maximum absolute atomic E-state index is 17.2. The normalized spacial score (nSPS) is 17.9. The number of carbonyl (C=O) groups is 2. The number of nitrogens with zero attached hydrogens (tertiary/aromatic N) is 14. The van der Waals surface area contributed by atoms with E-state index in [2.05, 4.69) is 50.0 Å². The first kappa shape index (κ1) is 93.4. The molecular weight excluding hydrogens is 1740 g/mol. The van der Waals surface area contributed by atoms with Gasteiger partial charge in [0.2, 0.25) is 29.1 Å². The molecule has 0 radical (unpaired) electrons. The molecule has 0 spiro atoms. The van der Waals surface area contributed by atoms with Gasteiger partial charge in [0.05, 0.1) is 136 Å². The fraction of sp³-hybridized carbons (Fsp3) is 0.370. The second-order valence-electron chi connectivity index (χ2n) is 36.7. The van der Waals surface area contributed by atoms with Gasteiger partial charge in [0.25, 0.3) is 16.7 Å². The SMILES string of the molecule is C=CC(=O)N1C[C@@H]2COc3c(c4cc(F)c(-c5c(O)cccc5F)c(F)c4n(-c4c(C(C)C)ncnc4C(C)C)c3=O)N2C[C@H]1C.C=CC(=O)N1C[C@@H]2COc3c(c4cc(F)c(-c5c(O)cccc5F)c(F)c4n(-c4c(C(C)C)ncnc4C(C)C)c3=O)N2C[C@H]1C.CC(C)c1ncnc(C(C)C)c1-n1c(=O)c2c(c3cc(F)c(-c4c(O)cccc4F)c(F)c31)N1C[C@@H](C)CC[C@@H]1CO2. The van der Waals surface area contributed by atoms with E-state index >= 15 is 39.5 Å². The van der Waals surface area contributed by atoms with Gasteiger partial charge in [0.15, 0.2) is 17.5 Å². The molecule has 12 aromatic rings. The average Bonchev–Trinajstić information content (AvgIpc) is 0.712. The number of hydrogen-bond acceptors (Lipinski definition) is 20. The number of aromatic nitrogens is 9. The Morgan fingerprint density at radius 3 is 0.903 bits per heavy atom. The number of carbonyl (C=O) groups excluding carboxylic acids is 2. The molecule has 700 valence electrons. The van der Waals surface area contributed by atoms with Crippen molar-refractivity contribution in [1.29, 1.82) is 0 Å². The van der Waals surface area contributed by atoms with Crippen LogP contribution in [0.15, 0.2) is 131 Å². The average molecular weight is 1850 g/mol. The molecule has 0 aliphatic carbocycles. The number of piperidine rings is 1. The lowest BCUT2D eigenvalue weighted by Crippen LogP contribution is -2.62. The van der Waals surface area contributed by atoms with Gasteiger partial charge in [-0.3, -0.25) is 37.7 Å². The topological polar surface area (TPSA) is 282 Å². The summed E-state index contributed by atoms with van der Waals surface area (Å²) in [7, 11) is 0. The summed E-state index contributed by atoms with van der Waals surface area (Å²) in [6.45, 7) is 37.3. The number of rotatable bonds is 14. The molecule has 134 heavy (non-hydrogen) atoms. The quantitative estimate of drug-likeness (QED) is 0.0673. The number of amides is 2. The molecule has 3 N–H and O–H groups in total. The summed E-state index contributed by atoms with van der Waals surface area (Å²) in [6, 6.07) is 11.7. The van der Waals surface area contributed by atoms with Gasteiger partial charge in [-0.25, -0.2) is 69.4 Å². The van der Waals surface area contributed by atoms with Crippen LogP contribution in [0.2, 0.25) is 0 Å². The van der Waals surface area contributed by atoms with Crippen LogP contribution in [-0.2, 0) is 9.59 Å². The number of fused-ring (bicyclic) bond motifs is 15. The lowest BCUT2D eigenvalue weighted by atomic mass is 9.91. The van der Waals surface area contributed by atoms with E-state index in [1.165, 1.54) is 53.9 Å². The highest BCUT2D eigenvalue weighted by Crippen LogP contribution is 2.52. The largest absolute Gasteiger partial charge is 0.507 e. The van der Waals surface area contributed by atoms with E-state index in [0.29, 0.717) is 46.4 Å². The van der Waals surface area contributed by atoms with Crippen LogP contribution in [0.25, 0.3) is 83.2 Å². The van der Waals surface area contributed by atoms with Crippen molar-refractivity contribution < 1.29 is 78.6 Å².